The zero-order valence-corrected chi connectivity index (χ0v) is 19.4. The molecular weight excluding hydrogens is 443 g/mol. The monoisotopic (exact) mass is 468 g/mol. The van der Waals surface area contributed by atoms with E-state index in [0.717, 1.165) is 22.0 Å². The summed E-state index contributed by atoms with van der Waals surface area (Å²) in [6.45, 7) is 0.386. The molecule has 35 heavy (non-hydrogen) atoms. The SMILES string of the molecule is COc1ccccc1C1=NOC(CN(Cc2ccccc2F)C(=O)c2cccc3ccccc23)C1. The van der Waals surface area contributed by atoms with E-state index < -0.39 is 0 Å². The Kier molecular flexibility index (Phi) is 6.44. The fourth-order valence-corrected chi connectivity index (χ4v) is 4.45. The first-order valence-corrected chi connectivity index (χ1v) is 11.5. The van der Waals surface area contributed by atoms with Gasteiger partial charge in [0.25, 0.3) is 5.91 Å². The second kappa shape index (κ2) is 9.97. The number of halogens is 1. The van der Waals surface area contributed by atoms with Gasteiger partial charge in [-0.25, -0.2) is 4.39 Å². The number of fused-ring (bicyclic) bond motifs is 1. The Balaban J connectivity index is 1.42. The number of benzene rings is 4. The van der Waals surface area contributed by atoms with Gasteiger partial charge in [-0.15, -0.1) is 0 Å². The maximum atomic E-state index is 14.5. The number of amides is 1. The number of nitrogens with zero attached hydrogens (tertiary/aromatic N) is 2. The Labute approximate surface area is 203 Å². The third-order valence-corrected chi connectivity index (χ3v) is 6.20. The van der Waals surface area contributed by atoms with Gasteiger partial charge in [0.1, 0.15) is 11.6 Å². The molecule has 5 rings (SSSR count). The van der Waals surface area contributed by atoms with Crippen LogP contribution in [-0.4, -0.2) is 36.3 Å². The Morgan fingerprint density at radius 3 is 2.60 bits per heavy atom. The lowest BCUT2D eigenvalue weighted by Crippen LogP contribution is -2.37. The Bertz CT molecular complexity index is 1400. The molecule has 1 aliphatic heterocycles. The lowest BCUT2D eigenvalue weighted by atomic mass is 10.0. The summed E-state index contributed by atoms with van der Waals surface area (Å²) < 4.78 is 20.0. The zero-order chi connectivity index (χ0) is 24.2. The average molecular weight is 469 g/mol. The van der Waals surface area contributed by atoms with Gasteiger partial charge in [0.05, 0.1) is 19.4 Å². The van der Waals surface area contributed by atoms with Crippen molar-refractivity contribution < 1.29 is 18.8 Å². The molecule has 1 atom stereocenters. The van der Waals surface area contributed by atoms with Gasteiger partial charge in [0, 0.05) is 29.7 Å². The van der Waals surface area contributed by atoms with Crippen LogP contribution in [0.25, 0.3) is 10.8 Å². The number of hydrogen-bond donors (Lipinski definition) is 0. The zero-order valence-electron chi connectivity index (χ0n) is 19.4. The molecule has 0 radical (unpaired) electrons. The van der Waals surface area contributed by atoms with Crippen LogP contribution in [-0.2, 0) is 11.4 Å². The van der Waals surface area contributed by atoms with Gasteiger partial charge >= 0.3 is 0 Å². The molecule has 1 amide bonds. The molecule has 1 unspecified atom stereocenters. The first kappa shape index (κ1) is 22.6. The number of carbonyl (C=O) groups is 1. The summed E-state index contributed by atoms with van der Waals surface area (Å²) >= 11 is 0. The predicted octanol–water partition coefficient (Wildman–Crippen LogP) is 5.82. The molecule has 0 saturated heterocycles. The topological polar surface area (TPSA) is 51.1 Å². The summed E-state index contributed by atoms with van der Waals surface area (Å²) in [5, 5.41) is 6.11. The molecule has 6 heteroatoms. The van der Waals surface area contributed by atoms with Gasteiger partial charge in [-0.1, -0.05) is 71.9 Å². The van der Waals surface area contributed by atoms with Crippen molar-refractivity contribution in [3.8, 4) is 5.75 Å². The molecule has 1 heterocycles. The number of methoxy groups -OCH3 is 1. The van der Waals surface area contributed by atoms with Crippen LogP contribution >= 0.6 is 0 Å². The van der Waals surface area contributed by atoms with Crippen molar-refractivity contribution in [3.05, 3.63) is 114 Å². The highest BCUT2D eigenvalue weighted by atomic mass is 19.1. The minimum Gasteiger partial charge on any atom is -0.496 e. The van der Waals surface area contributed by atoms with Gasteiger partial charge < -0.3 is 14.5 Å². The van der Waals surface area contributed by atoms with Crippen molar-refractivity contribution in [2.24, 2.45) is 5.16 Å². The predicted molar refractivity (Wildman–Crippen MR) is 134 cm³/mol. The van der Waals surface area contributed by atoms with E-state index in [4.69, 9.17) is 9.57 Å². The van der Waals surface area contributed by atoms with Gasteiger partial charge in [-0.3, -0.25) is 4.79 Å². The molecule has 4 aromatic carbocycles. The highest BCUT2D eigenvalue weighted by molar-refractivity contribution is 6.07. The Morgan fingerprint density at radius 1 is 1.00 bits per heavy atom. The molecular formula is C29H25FN2O3. The number of oxime groups is 1. The van der Waals surface area contributed by atoms with Crippen LogP contribution < -0.4 is 4.74 Å². The second-order valence-electron chi connectivity index (χ2n) is 8.47. The van der Waals surface area contributed by atoms with E-state index in [1.54, 1.807) is 30.2 Å². The van der Waals surface area contributed by atoms with Crippen LogP contribution in [0, 0.1) is 5.82 Å². The second-order valence-corrected chi connectivity index (χ2v) is 8.47. The highest BCUT2D eigenvalue weighted by Gasteiger charge is 2.29. The van der Waals surface area contributed by atoms with E-state index in [9.17, 15) is 9.18 Å². The van der Waals surface area contributed by atoms with Crippen LogP contribution in [0.1, 0.15) is 27.9 Å². The normalized spacial score (nSPS) is 14.9. The van der Waals surface area contributed by atoms with Crippen molar-refractivity contribution in [3.63, 3.8) is 0 Å². The number of hydrogen-bond acceptors (Lipinski definition) is 4. The van der Waals surface area contributed by atoms with E-state index >= 15 is 0 Å². The maximum absolute atomic E-state index is 14.5. The molecule has 4 aromatic rings. The number of carbonyl (C=O) groups excluding carboxylic acids is 1. The number of ether oxygens (including phenoxy) is 1. The van der Waals surface area contributed by atoms with E-state index in [2.05, 4.69) is 5.16 Å². The minimum atomic E-state index is -0.361. The molecule has 1 aliphatic rings. The Morgan fingerprint density at radius 2 is 1.74 bits per heavy atom. The van der Waals surface area contributed by atoms with Crippen molar-refractivity contribution in [2.45, 2.75) is 19.1 Å². The molecule has 0 aliphatic carbocycles. The van der Waals surface area contributed by atoms with Crippen LogP contribution in [0.15, 0.2) is 96.2 Å². The van der Waals surface area contributed by atoms with Gasteiger partial charge in [0.15, 0.2) is 6.10 Å². The lowest BCUT2D eigenvalue weighted by Gasteiger charge is -2.26. The van der Waals surface area contributed by atoms with Crippen LogP contribution in [0.3, 0.4) is 0 Å². The third kappa shape index (κ3) is 4.73. The van der Waals surface area contributed by atoms with Crippen molar-refractivity contribution in [1.82, 2.24) is 4.90 Å². The molecule has 0 aromatic heterocycles. The summed E-state index contributed by atoms with van der Waals surface area (Å²) in [7, 11) is 1.62. The third-order valence-electron chi connectivity index (χ3n) is 6.20. The standard InChI is InChI=1S/C29H25FN2O3/c1-34-28-16-7-5-13-25(28)27-17-22(35-31-27)19-32(18-21-10-3-6-15-26(21)30)29(33)24-14-8-11-20-9-2-4-12-23(20)24/h2-16,22H,17-19H2,1H3. The van der Waals surface area contributed by atoms with Crippen LogP contribution in [0.4, 0.5) is 4.39 Å². The van der Waals surface area contributed by atoms with Crippen molar-refractivity contribution >= 4 is 22.4 Å². The summed E-state index contributed by atoms with van der Waals surface area (Å²) in [5.41, 5.74) is 2.64. The van der Waals surface area contributed by atoms with E-state index in [-0.39, 0.29) is 30.9 Å². The highest BCUT2D eigenvalue weighted by Crippen LogP contribution is 2.27. The lowest BCUT2D eigenvalue weighted by molar-refractivity contribution is 0.0404. The molecule has 0 N–H and O–H groups in total. The number of para-hydroxylation sites is 1. The van der Waals surface area contributed by atoms with Crippen molar-refractivity contribution in [1.29, 1.82) is 0 Å². The smallest absolute Gasteiger partial charge is 0.254 e. The minimum absolute atomic E-state index is 0.124. The average Bonchev–Trinajstić information content (AvgIpc) is 3.37. The maximum Gasteiger partial charge on any atom is 0.254 e. The molecule has 0 spiro atoms. The summed E-state index contributed by atoms with van der Waals surface area (Å²) in [6, 6.07) is 27.5. The van der Waals surface area contributed by atoms with E-state index in [0.29, 0.717) is 23.3 Å². The molecule has 0 bridgehead atoms. The largest absolute Gasteiger partial charge is 0.496 e. The van der Waals surface area contributed by atoms with Crippen LogP contribution in [0.5, 0.6) is 5.75 Å². The fourth-order valence-electron chi connectivity index (χ4n) is 4.45. The molecule has 0 saturated carbocycles. The van der Waals surface area contributed by atoms with Crippen molar-refractivity contribution in [2.75, 3.05) is 13.7 Å². The van der Waals surface area contributed by atoms with E-state index in [1.807, 2.05) is 66.7 Å². The fraction of sp³-hybridized carbons (Fsp3) is 0.172. The quantitative estimate of drug-likeness (QED) is 0.343. The number of rotatable bonds is 7. The molecule has 0 fully saturated rings. The van der Waals surface area contributed by atoms with E-state index in [1.165, 1.54) is 6.07 Å². The summed E-state index contributed by atoms with van der Waals surface area (Å²) in [4.78, 5) is 21.2. The summed E-state index contributed by atoms with van der Waals surface area (Å²) in [5.74, 6) is 0.187. The molecule has 176 valence electrons. The first-order chi connectivity index (χ1) is 17.1. The van der Waals surface area contributed by atoms with Gasteiger partial charge in [-0.05, 0) is 35.0 Å². The Hall–Kier alpha value is -4.19. The van der Waals surface area contributed by atoms with Gasteiger partial charge in [-0.2, -0.15) is 0 Å². The summed E-state index contributed by atoms with van der Waals surface area (Å²) in [6.07, 6.45) is 0.150. The molecule has 5 nitrogen and oxygen atoms in total. The van der Waals surface area contributed by atoms with Gasteiger partial charge in [0.2, 0.25) is 0 Å². The van der Waals surface area contributed by atoms with Crippen LogP contribution in [0.2, 0.25) is 0 Å². The first-order valence-electron chi connectivity index (χ1n) is 11.5.